The molecule has 30 heavy (non-hydrogen) atoms. The average Bonchev–Trinajstić information content (AvgIpc) is 3.11. The lowest BCUT2D eigenvalue weighted by molar-refractivity contribution is 0.0694. The number of nitrogens with zero attached hydrogens (tertiary/aromatic N) is 5. The standard InChI is InChI=1S/C21H20F2N6O/c1-4-29(11(2)17-6-5-12(22)9-25-17)21(30)13-7-14-18(8-16(13)23)27-20(24)15-10-26-28(3)19(14)15/h5-11H,4H2,1-3H3,(H2,24,27)/t11-/m0/s1. The molecule has 0 fully saturated rings. The number of aromatic nitrogens is 4. The van der Waals surface area contributed by atoms with E-state index in [1.165, 1.54) is 29.2 Å². The zero-order valence-corrected chi connectivity index (χ0v) is 16.7. The fourth-order valence-electron chi connectivity index (χ4n) is 3.69. The summed E-state index contributed by atoms with van der Waals surface area (Å²) in [6.45, 7) is 3.87. The Balaban J connectivity index is 1.82. The predicted octanol–water partition coefficient (Wildman–Crippen LogP) is 3.60. The summed E-state index contributed by atoms with van der Waals surface area (Å²) in [6.07, 6.45) is 2.68. The van der Waals surface area contributed by atoms with Gasteiger partial charge in [0.1, 0.15) is 17.5 Å². The van der Waals surface area contributed by atoms with Crippen LogP contribution in [-0.4, -0.2) is 37.1 Å². The zero-order chi connectivity index (χ0) is 21.6. The number of fused-ring (bicyclic) bond motifs is 3. The lowest BCUT2D eigenvalue weighted by Gasteiger charge is -2.28. The van der Waals surface area contributed by atoms with Gasteiger partial charge in [-0.3, -0.25) is 14.5 Å². The van der Waals surface area contributed by atoms with Crippen molar-refractivity contribution < 1.29 is 13.6 Å². The molecule has 7 nitrogen and oxygen atoms in total. The van der Waals surface area contributed by atoms with E-state index in [0.717, 1.165) is 6.20 Å². The molecule has 2 N–H and O–H groups in total. The van der Waals surface area contributed by atoms with Gasteiger partial charge in [0, 0.05) is 25.0 Å². The molecule has 0 bridgehead atoms. The third kappa shape index (κ3) is 3.12. The molecule has 1 amide bonds. The Hall–Kier alpha value is -3.62. The van der Waals surface area contributed by atoms with Crippen LogP contribution in [0.1, 0.15) is 35.9 Å². The van der Waals surface area contributed by atoms with Gasteiger partial charge in [-0.15, -0.1) is 0 Å². The number of nitrogen functional groups attached to an aromatic ring is 1. The molecule has 0 unspecified atom stereocenters. The molecule has 4 aromatic rings. The smallest absolute Gasteiger partial charge is 0.257 e. The highest BCUT2D eigenvalue weighted by Crippen LogP contribution is 2.30. The number of anilines is 1. The van der Waals surface area contributed by atoms with Crippen molar-refractivity contribution >= 4 is 33.5 Å². The molecule has 0 saturated heterocycles. The Labute approximate surface area is 171 Å². The third-order valence-corrected chi connectivity index (χ3v) is 5.27. The van der Waals surface area contributed by atoms with E-state index in [4.69, 9.17) is 5.73 Å². The predicted molar refractivity (Wildman–Crippen MR) is 110 cm³/mol. The SMILES string of the molecule is CCN(C(=O)c1cc2c(cc1F)nc(N)c1cnn(C)c12)[C@@H](C)c1ccc(F)cn1. The maximum atomic E-state index is 14.9. The average molecular weight is 410 g/mol. The summed E-state index contributed by atoms with van der Waals surface area (Å²) in [5.74, 6) is -1.41. The highest BCUT2D eigenvalue weighted by Gasteiger charge is 2.26. The normalized spacial score (nSPS) is 12.4. The van der Waals surface area contributed by atoms with E-state index in [0.29, 0.717) is 34.0 Å². The van der Waals surface area contributed by atoms with Crippen molar-refractivity contribution in [3.63, 3.8) is 0 Å². The Bertz CT molecular complexity index is 1270. The van der Waals surface area contributed by atoms with E-state index in [-0.39, 0.29) is 11.4 Å². The number of rotatable bonds is 4. The summed E-state index contributed by atoms with van der Waals surface area (Å²) in [5.41, 5.74) is 7.40. The van der Waals surface area contributed by atoms with Gasteiger partial charge in [-0.05, 0) is 32.0 Å². The van der Waals surface area contributed by atoms with Crippen molar-refractivity contribution in [3.05, 3.63) is 59.6 Å². The molecule has 0 radical (unpaired) electrons. The molecule has 1 atom stereocenters. The molecular formula is C21H20F2N6O. The lowest BCUT2D eigenvalue weighted by Crippen LogP contribution is -2.34. The quantitative estimate of drug-likeness (QED) is 0.555. The number of aryl methyl sites for hydroxylation is 1. The summed E-state index contributed by atoms with van der Waals surface area (Å²) in [5, 5.41) is 5.41. The van der Waals surface area contributed by atoms with Crippen molar-refractivity contribution in [3.8, 4) is 0 Å². The fraction of sp³-hybridized carbons (Fsp3) is 0.238. The molecule has 3 aromatic heterocycles. The first-order chi connectivity index (χ1) is 14.3. The summed E-state index contributed by atoms with van der Waals surface area (Å²) in [7, 11) is 1.74. The van der Waals surface area contributed by atoms with Crippen LogP contribution < -0.4 is 5.73 Å². The second kappa shape index (κ2) is 7.33. The van der Waals surface area contributed by atoms with Crippen molar-refractivity contribution in [2.45, 2.75) is 19.9 Å². The number of hydrogen-bond donors (Lipinski definition) is 1. The summed E-state index contributed by atoms with van der Waals surface area (Å²) in [6, 6.07) is 5.01. The molecular weight excluding hydrogens is 390 g/mol. The van der Waals surface area contributed by atoms with Gasteiger partial charge in [0.25, 0.3) is 5.91 Å². The summed E-state index contributed by atoms with van der Waals surface area (Å²) in [4.78, 5) is 23.0. The molecule has 0 aliphatic heterocycles. The zero-order valence-electron chi connectivity index (χ0n) is 16.7. The van der Waals surface area contributed by atoms with Gasteiger partial charge >= 0.3 is 0 Å². The minimum absolute atomic E-state index is 0.0904. The first-order valence-electron chi connectivity index (χ1n) is 9.44. The van der Waals surface area contributed by atoms with Gasteiger partial charge in [0.05, 0.1) is 46.1 Å². The minimum atomic E-state index is -0.696. The summed E-state index contributed by atoms with van der Waals surface area (Å²) >= 11 is 0. The maximum absolute atomic E-state index is 14.9. The second-order valence-electron chi connectivity index (χ2n) is 7.05. The Morgan fingerprint density at radius 3 is 2.67 bits per heavy atom. The van der Waals surface area contributed by atoms with Crippen molar-refractivity contribution in [1.82, 2.24) is 24.6 Å². The van der Waals surface area contributed by atoms with E-state index in [9.17, 15) is 13.6 Å². The number of halogens is 2. The Morgan fingerprint density at radius 2 is 2.00 bits per heavy atom. The Morgan fingerprint density at radius 1 is 1.23 bits per heavy atom. The highest BCUT2D eigenvalue weighted by atomic mass is 19.1. The number of pyridine rings is 2. The highest BCUT2D eigenvalue weighted by molar-refractivity contribution is 6.10. The number of carbonyl (C=O) groups is 1. The summed E-state index contributed by atoms with van der Waals surface area (Å²) < 4.78 is 29.7. The molecule has 1 aromatic carbocycles. The molecule has 9 heteroatoms. The van der Waals surface area contributed by atoms with E-state index < -0.39 is 23.6 Å². The molecule has 0 aliphatic rings. The largest absolute Gasteiger partial charge is 0.383 e. The number of hydrogen-bond acceptors (Lipinski definition) is 5. The lowest BCUT2D eigenvalue weighted by atomic mass is 10.1. The van der Waals surface area contributed by atoms with E-state index in [1.807, 2.05) is 0 Å². The second-order valence-corrected chi connectivity index (χ2v) is 7.05. The van der Waals surface area contributed by atoms with Crippen LogP contribution in [0.2, 0.25) is 0 Å². The molecule has 0 aliphatic carbocycles. The van der Waals surface area contributed by atoms with Crippen LogP contribution in [0.25, 0.3) is 21.8 Å². The topological polar surface area (TPSA) is 89.9 Å². The van der Waals surface area contributed by atoms with Crippen LogP contribution in [0.15, 0.2) is 36.7 Å². The van der Waals surface area contributed by atoms with Crippen LogP contribution >= 0.6 is 0 Å². The first kappa shape index (κ1) is 19.7. The molecule has 0 saturated carbocycles. The van der Waals surface area contributed by atoms with Gasteiger partial charge in [-0.25, -0.2) is 13.8 Å². The van der Waals surface area contributed by atoms with Gasteiger partial charge < -0.3 is 10.6 Å². The molecule has 3 heterocycles. The Kier molecular flexibility index (Phi) is 4.81. The number of benzene rings is 1. The number of amides is 1. The van der Waals surface area contributed by atoms with Crippen LogP contribution in [0, 0.1) is 11.6 Å². The van der Waals surface area contributed by atoms with E-state index in [1.54, 1.807) is 31.8 Å². The van der Waals surface area contributed by atoms with Crippen LogP contribution in [0.5, 0.6) is 0 Å². The van der Waals surface area contributed by atoms with E-state index >= 15 is 0 Å². The van der Waals surface area contributed by atoms with Gasteiger partial charge in [0.2, 0.25) is 0 Å². The molecule has 154 valence electrons. The van der Waals surface area contributed by atoms with Crippen LogP contribution in [0.3, 0.4) is 0 Å². The number of carbonyl (C=O) groups excluding carboxylic acids is 1. The monoisotopic (exact) mass is 410 g/mol. The first-order valence-corrected chi connectivity index (χ1v) is 9.44. The van der Waals surface area contributed by atoms with Crippen molar-refractivity contribution in [1.29, 1.82) is 0 Å². The van der Waals surface area contributed by atoms with Gasteiger partial charge in [-0.1, -0.05) is 0 Å². The van der Waals surface area contributed by atoms with Crippen molar-refractivity contribution in [2.24, 2.45) is 7.05 Å². The van der Waals surface area contributed by atoms with E-state index in [2.05, 4.69) is 15.1 Å². The maximum Gasteiger partial charge on any atom is 0.257 e. The van der Waals surface area contributed by atoms with Gasteiger partial charge in [-0.2, -0.15) is 5.10 Å². The van der Waals surface area contributed by atoms with Gasteiger partial charge in [0.15, 0.2) is 0 Å². The van der Waals surface area contributed by atoms with Crippen LogP contribution in [-0.2, 0) is 7.05 Å². The van der Waals surface area contributed by atoms with Crippen molar-refractivity contribution in [2.75, 3.05) is 12.3 Å². The molecule has 0 spiro atoms. The molecule has 4 rings (SSSR count). The van der Waals surface area contributed by atoms with Crippen LogP contribution in [0.4, 0.5) is 14.6 Å². The third-order valence-electron chi connectivity index (χ3n) is 5.27. The fourth-order valence-corrected chi connectivity index (χ4v) is 3.69. The minimum Gasteiger partial charge on any atom is -0.383 e. The number of nitrogens with two attached hydrogens (primary N) is 1.